The van der Waals surface area contributed by atoms with Gasteiger partial charge >= 0.3 is 5.97 Å². The van der Waals surface area contributed by atoms with Crippen molar-refractivity contribution >= 4 is 22.4 Å². The van der Waals surface area contributed by atoms with Crippen LogP contribution in [0.3, 0.4) is 0 Å². The zero-order chi connectivity index (χ0) is 13.1. The maximum Gasteiger partial charge on any atom is 0.347 e. The summed E-state index contributed by atoms with van der Waals surface area (Å²) in [4.78, 5) is 14.8. The minimum absolute atomic E-state index is 0.188. The van der Waals surface area contributed by atoms with Crippen LogP contribution in [0.2, 0.25) is 0 Å². The second-order valence-corrected chi connectivity index (χ2v) is 4.80. The van der Waals surface area contributed by atoms with Crippen LogP contribution in [-0.4, -0.2) is 16.1 Å². The molecule has 0 radical (unpaired) electrons. The highest BCUT2D eigenvalue weighted by Gasteiger charge is 2.08. The number of aryl methyl sites for hydroxylation is 1. The van der Waals surface area contributed by atoms with Crippen LogP contribution in [0.1, 0.15) is 20.8 Å². The predicted octanol–water partition coefficient (Wildman–Crippen LogP) is 2.90. The SMILES string of the molecule is Cc1cc(CNc2ncc(C(=O)O)s2)ccc1F. The van der Waals surface area contributed by atoms with Crippen molar-refractivity contribution in [2.24, 2.45) is 0 Å². The number of anilines is 1. The highest BCUT2D eigenvalue weighted by atomic mass is 32.1. The Hall–Kier alpha value is -1.95. The fraction of sp³-hybridized carbons (Fsp3) is 0.167. The molecule has 0 saturated carbocycles. The predicted molar refractivity (Wildman–Crippen MR) is 67.5 cm³/mol. The molecule has 1 aromatic heterocycles. The summed E-state index contributed by atoms with van der Waals surface area (Å²) < 4.78 is 13.1. The van der Waals surface area contributed by atoms with Crippen molar-refractivity contribution in [2.75, 3.05) is 5.32 Å². The Balaban J connectivity index is 2.02. The van der Waals surface area contributed by atoms with E-state index in [1.165, 1.54) is 12.3 Å². The van der Waals surface area contributed by atoms with Crippen molar-refractivity contribution < 1.29 is 14.3 Å². The molecule has 0 amide bonds. The molecule has 4 nitrogen and oxygen atoms in total. The van der Waals surface area contributed by atoms with E-state index in [-0.39, 0.29) is 10.7 Å². The number of hydrogen-bond acceptors (Lipinski definition) is 4. The van der Waals surface area contributed by atoms with Crippen LogP contribution in [-0.2, 0) is 6.54 Å². The standard InChI is InChI=1S/C12H11FN2O2S/c1-7-4-8(2-3-9(7)13)5-14-12-15-6-10(18-12)11(16)17/h2-4,6H,5H2,1H3,(H,14,15)(H,16,17). The third-order valence-electron chi connectivity index (χ3n) is 2.38. The maximum atomic E-state index is 13.1. The van der Waals surface area contributed by atoms with Crippen LogP contribution in [0.5, 0.6) is 0 Å². The molecule has 1 heterocycles. The van der Waals surface area contributed by atoms with Gasteiger partial charge in [-0.1, -0.05) is 23.5 Å². The van der Waals surface area contributed by atoms with Gasteiger partial charge in [0.15, 0.2) is 5.13 Å². The number of benzene rings is 1. The van der Waals surface area contributed by atoms with Gasteiger partial charge in [0, 0.05) is 6.54 Å². The van der Waals surface area contributed by atoms with Gasteiger partial charge in [0.25, 0.3) is 0 Å². The molecular formula is C12H11FN2O2S. The fourth-order valence-electron chi connectivity index (χ4n) is 1.45. The van der Waals surface area contributed by atoms with Crippen molar-refractivity contribution in [3.05, 3.63) is 46.2 Å². The van der Waals surface area contributed by atoms with Crippen molar-refractivity contribution in [3.8, 4) is 0 Å². The summed E-state index contributed by atoms with van der Waals surface area (Å²) in [5.41, 5.74) is 1.50. The van der Waals surface area contributed by atoms with E-state index in [9.17, 15) is 9.18 Å². The number of carbonyl (C=O) groups is 1. The Morgan fingerprint density at radius 2 is 2.33 bits per heavy atom. The molecule has 0 spiro atoms. The number of nitrogens with zero attached hydrogens (tertiary/aromatic N) is 1. The van der Waals surface area contributed by atoms with E-state index in [0.29, 0.717) is 17.2 Å². The summed E-state index contributed by atoms with van der Waals surface area (Å²) in [5, 5.41) is 12.3. The van der Waals surface area contributed by atoms with Gasteiger partial charge in [-0.3, -0.25) is 0 Å². The lowest BCUT2D eigenvalue weighted by Crippen LogP contribution is -1.99. The number of carboxylic acids is 1. The van der Waals surface area contributed by atoms with Gasteiger partial charge < -0.3 is 10.4 Å². The fourth-order valence-corrected chi connectivity index (χ4v) is 2.10. The quantitative estimate of drug-likeness (QED) is 0.893. The Bertz CT molecular complexity index is 583. The van der Waals surface area contributed by atoms with Crippen LogP contribution in [0.15, 0.2) is 24.4 Å². The largest absolute Gasteiger partial charge is 0.477 e. The summed E-state index contributed by atoms with van der Waals surface area (Å²) in [5.74, 6) is -1.22. The third-order valence-corrected chi connectivity index (χ3v) is 3.33. The second-order valence-electron chi connectivity index (χ2n) is 3.77. The van der Waals surface area contributed by atoms with Gasteiger partial charge in [-0.05, 0) is 24.1 Å². The van der Waals surface area contributed by atoms with Gasteiger partial charge in [-0.2, -0.15) is 0 Å². The minimum Gasteiger partial charge on any atom is -0.477 e. The zero-order valence-corrected chi connectivity index (χ0v) is 10.4. The number of rotatable bonds is 4. The summed E-state index contributed by atoms with van der Waals surface area (Å²) >= 11 is 1.07. The van der Waals surface area contributed by atoms with Crippen LogP contribution < -0.4 is 5.32 Å². The lowest BCUT2D eigenvalue weighted by atomic mass is 10.1. The van der Waals surface area contributed by atoms with Gasteiger partial charge in [-0.15, -0.1) is 0 Å². The zero-order valence-electron chi connectivity index (χ0n) is 9.61. The summed E-state index contributed by atoms with van der Waals surface area (Å²) in [6.07, 6.45) is 1.31. The van der Waals surface area contributed by atoms with E-state index in [1.807, 2.05) is 0 Å². The first-order valence-corrected chi connectivity index (χ1v) is 6.06. The first-order chi connectivity index (χ1) is 8.56. The third kappa shape index (κ3) is 2.84. The first kappa shape index (κ1) is 12.5. The maximum absolute atomic E-state index is 13.1. The van der Waals surface area contributed by atoms with Gasteiger partial charge in [-0.25, -0.2) is 14.2 Å². The Morgan fingerprint density at radius 3 is 2.94 bits per heavy atom. The molecule has 0 aliphatic rings. The van der Waals surface area contributed by atoms with Crippen molar-refractivity contribution in [1.82, 2.24) is 4.98 Å². The molecule has 1 aromatic carbocycles. The van der Waals surface area contributed by atoms with Gasteiger partial charge in [0.05, 0.1) is 6.20 Å². The van der Waals surface area contributed by atoms with E-state index in [1.54, 1.807) is 19.1 Å². The molecular weight excluding hydrogens is 255 g/mol. The molecule has 0 aliphatic carbocycles. The van der Waals surface area contributed by atoms with Crippen molar-refractivity contribution in [2.45, 2.75) is 13.5 Å². The van der Waals surface area contributed by atoms with E-state index < -0.39 is 5.97 Å². The number of hydrogen-bond donors (Lipinski definition) is 2. The van der Waals surface area contributed by atoms with Crippen LogP contribution in [0, 0.1) is 12.7 Å². The van der Waals surface area contributed by atoms with Crippen LogP contribution in [0.4, 0.5) is 9.52 Å². The lowest BCUT2D eigenvalue weighted by molar-refractivity contribution is 0.0702. The molecule has 0 atom stereocenters. The van der Waals surface area contributed by atoms with Gasteiger partial charge in [0.2, 0.25) is 0 Å². The van der Waals surface area contributed by atoms with Crippen LogP contribution in [0.25, 0.3) is 0 Å². The van der Waals surface area contributed by atoms with Crippen LogP contribution >= 0.6 is 11.3 Å². The number of halogens is 1. The molecule has 2 aromatic rings. The Kier molecular flexibility index (Phi) is 3.57. The Labute approximate surface area is 107 Å². The molecule has 18 heavy (non-hydrogen) atoms. The monoisotopic (exact) mass is 266 g/mol. The van der Waals surface area contributed by atoms with E-state index in [2.05, 4.69) is 10.3 Å². The number of carboxylic acid groups (broad SMARTS) is 1. The summed E-state index contributed by atoms with van der Waals surface area (Å²) in [6, 6.07) is 4.84. The molecule has 2 rings (SSSR count). The topological polar surface area (TPSA) is 62.2 Å². The lowest BCUT2D eigenvalue weighted by Gasteiger charge is -2.04. The van der Waals surface area contributed by atoms with Crippen molar-refractivity contribution in [1.29, 1.82) is 0 Å². The average Bonchev–Trinajstić information content (AvgIpc) is 2.79. The molecule has 0 saturated heterocycles. The van der Waals surface area contributed by atoms with E-state index in [0.717, 1.165) is 16.9 Å². The Morgan fingerprint density at radius 1 is 1.56 bits per heavy atom. The summed E-state index contributed by atoms with van der Waals surface area (Å²) in [6.45, 7) is 2.18. The first-order valence-electron chi connectivity index (χ1n) is 5.24. The number of aromatic nitrogens is 1. The highest BCUT2D eigenvalue weighted by Crippen LogP contribution is 2.19. The second kappa shape index (κ2) is 5.14. The van der Waals surface area contributed by atoms with E-state index in [4.69, 9.17) is 5.11 Å². The molecule has 0 fully saturated rings. The minimum atomic E-state index is -0.988. The van der Waals surface area contributed by atoms with E-state index >= 15 is 0 Å². The molecule has 0 unspecified atom stereocenters. The van der Waals surface area contributed by atoms with Crippen molar-refractivity contribution in [3.63, 3.8) is 0 Å². The highest BCUT2D eigenvalue weighted by molar-refractivity contribution is 7.17. The number of thiazole rings is 1. The van der Waals surface area contributed by atoms with Gasteiger partial charge in [0.1, 0.15) is 10.7 Å². The molecule has 0 aliphatic heterocycles. The average molecular weight is 266 g/mol. The normalized spacial score (nSPS) is 10.3. The smallest absolute Gasteiger partial charge is 0.347 e. The number of nitrogens with one attached hydrogen (secondary N) is 1. The molecule has 0 bridgehead atoms. The number of aromatic carboxylic acids is 1. The summed E-state index contributed by atoms with van der Waals surface area (Å²) in [7, 11) is 0. The molecule has 94 valence electrons. The molecule has 2 N–H and O–H groups in total. The molecule has 6 heteroatoms.